The zero-order valence-corrected chi connectivity index (χ0v) is 17.0. The number of carbonyl (C=O) groups is 1. The molecule has 29 heavy (non-hydrogen) atoms. The molecule has 0 aliphatic heterocycles. The van der Waals surface area contributed by atoms with E-state index in [1.165, 1.54) is 7.11 Å². The number of nitrogens with one attached hydrogen (secondary N) is 1. The second-order valence-corrected chi connectivity index (χ2v) is 6.48. The lowest BCUT2D eigenvalue weighted by Gasteiger charge is -2.16. The fourth-order valence-corrected chi connectivity index (χ4v) is 2.76. The summed E-state index contributed by atoms with van der Waals surface area (Å²) in [5, 5.41) is 10.4. The molecule has 1 aromatic heterocycles. The fourth-order valence-electron chi connectivity index (χ4n) is 2.76. The summed E-state index contributed by atoms with van der Waals surface area (Å²) in [5.41, 5.74) is 3.10. The van der Waals surface area contributed by atoms with Gasteiger partial charge in [0.15, 0.2) is 23.3 Å². The van der Waals surface area contributed by atoms with Crippen LogP contribution in [0.15, 0.2) is 41.0 Å². The summed E-state index contributed by atoms with van der Waals surface area (Å²) in [6.45, 7) is 5.61. The van der Waals surface area contributed by atoms with E-state index in [1.54, 1.807) is 32.2 Å². The summed E-state index contributed by atoms with van der Waals surface area (Å²) in [6, 6.07) is 10.9. The number of nitrogens with zero attached hydrogens (tertiary/aromatic N) is 2. The molecule has 0 saturated carbocycles. The summed E-state index contributed by atoms with van der Waals surface area (Å²) < 4.78 is 21.2. The topological polar surface area (TPSA) is 95.7 Å². The van der Waals surface area contributed by atoms with Gasteiger partial charge in [-0.05, 0) is 66.5 Å². The number of benzene rings is 2. The van der Waals surface area contributed by atoms with Crippen LogP contribution in [0.1, 0.15) is 18.1 Å². The van der Waals surface area contributed by atoms with Gasteiger partial charge in [-0.2, -0.15) is 0 Å². The van der Waals surface area contributed by atoms with Crippen LogP contribution in [0.25, 0.3) is 11.3 Å². The molecule has 0 bridgehead atoms. The first kappa shape index (κ1) is 20.2. The minimum Gasteiger partial charge on any atom is -0.493 e. The maximum Gasteiger partial charge on any atom is 0.266 e. The maximum atomic E-state index is 12.6. The number of anilines is 1. The predicted octanol–water partition coefficient (Wildman–Crippen LogP) is 3.78. The summed E-state index contributed by atoms with van der Waals surface area (Å²) >= 11 is 0. The molecule has 0 unspecified atom stereocenters. The lowest BCUT2D eigenvalue weighted by molar-refractivity contribution is -0.122. The third kappa shape index (κ3) is 4.31. The van der Waals surface area contributed by atoms with E-state index in [4.69, 9.17) is 18.8 Å². The molecule has 8 nitrogen and oxygen atoms in total. The number of aromatic nitrogens is 2. The summed E-state index contributed by atoms with van der Waals surface area (Å²) in [6.07, 6.45) is -0.745. The van der Waals surface area contributed by atoms with Gasteiger partial charge in [-0.25, -0.2) is 4.63 Å². The van der Waals surface area contributed by atoms with Gasteiger partial charge in [0.2, 0.25) is 5.82 Å². The predicted molar refractivity (Wildman–Crippen MR) is 107 cm³/mol. The number of rotatable bonds is 7. The lowest BCUT2D eigenvalue weighted by Crippen LogP contribution is -2.30. The Hall–Kier alpha value is -3.55. The Labute approximate surface area is 168 Å². The zero-order valence-electron chi connectivity index (χ0n) is 17.0. The van der Waals surface area contributed by atoms with Crippen LogP contribution in [0.4, 0.5) is 5.82 Å². The second kappa shape index (κ2) is 8.64. The molecule has 0 radical (unpaired) electrons. The van der Waals surface area contributed by atoms with Gasteiger partial charge in [-0.3, -0.25) is 4.79 Å². The van der Waals surface area contributed by atoms with Crippen LogP contribution in [-0.2, 0) is 4.79 Å². The Morgan fingerprint density at radius 2 is 1.79 bits per heavy atom. The SMILES string of the molecule is COc1ccc(-c2nonc2NC(=O)[C@H](C)Oc2cccc(C)c2C)cc1OC. The second-order valence-electron chi connectivity index (χ2n) is 6.48. The number of amides is 1. The minimum atomic E-state index is -0.745. The molecule has 1 heterocycles. The van der Waals surface area contributed by atoms with E-state index in [0.717, 1.165) is 11.1 Å². The maximum absolute atomic E-state index is 12.6. The van der Waals surface area contributed by atoms with E-state index in [-0.39, 0.29) is 11.7 Å². The van der Waals surface area contributed by atoms with E-state index in [0.29, 0.717) is 28.5 Å². The van der Waals surface area contributed by atoms with Crippen LogP contribution in [0.3, 0.4) is 0 Å². The Balaban J connectivity index is 1.77. The smallest absolute Gasteiger partial charge is 0.266 e. The fraction of sp³-hybridized carbons (Fsp3) is 0.286. The monoisotopic (exact) mass is 397 g/mol. The van der Waals surface area contributed by atoms with Crippen LogP contribution >= 0.6 is 0 Å². The quantitative estimate of drug-likeness (QED) is 0.648. The summed E-state index contributed by atoms with van der Waals surface area (Å²) in [4.78, 5) is 12.6. The third-order valence-electron chi connectivity index (χ3n) is 4.62. The average Bonchev–Trinajstić information content (AvgIpc) is 3.18. The van der Waals surface area contributed by atoms with Gasteiger partial charge < -0.3 is 19.5 Å². The molecule has 1 N–H and O–H groups in total. The van der Waals surface area contributed by atoms with Crippen molar-refractivity contribution >= 4 is 11.7 Å². The van der Waals surface area contributed by atoms with Crippen LogP contribution in [0.2, 0.25) is 0 Å². The largest absolute Gasteiger partial charge is 0.493 e. The Bertz CT molecular complexity index is 1020. The highest BCUT2D eigenvalue weighted by Crippen LogP contribution is 2.34. The molecule has 152 valence electrons. The van der Waals surface area contributed by atoms with Crippen molar-refractivity contribution in [2.24, 2.45) is 0 Å². The Morgan fingerprint density at radius 1 is 1.03 bits per heavy atom. The van der Waals surface area contributed by atoms with E-state index in [2.05, 4.69) is 15.6 Å². The molecule has 0 aliphatic rings. The van der Waals surface area contributed by atoms with E-state index in [1.807, 2.05) is 32.0 Å². The van der Waals surface area contributed by atoms with Gasteiger partial charge in [-0.15, -0.1) is 0 Å². The average molecular weight is 397 g/mol. The van der Waals surface area contributed by atoms with Crippen molar-refractivity contribution in [1.29, 1.82) is 0 Å². The number of methoxy groups -OCH3 is 2. The zero-order chi connectivity index (χ0) is 21.0. The van der Waals surface area contributed by atoms with E-state index >= 15 is 0 Å². The van der Waals surface area contributed by atoms with Crippen LogP contribution in [0.5, 0.6) is 17.2 Å². The number of carbonyl (C=O) groups excluding carboxylic acids is 1. The molecule has 8 heteroatoms. The highest BCUT2D eigenvalue weighted by Gasteiger charge is 2.21. The van der Waals surface area contributed by atoms with Gasteiger partial charge in [0.1, 0.15) is 5.75 Å². The molecule has 3 aromatic rings. The first-order chi connectivity index (χ1) is 13.9. The van der Waals surface area contributed by atoms with Crippen molar-refractivity contribution in [2.45, 2.75) is 26.9 Å². The standard InChI is InChI=1S/C21H23N3O5/c1-12-7-6-8-16(13(12)2)28-14(3)21(25)22-20-19(23-29-24-20)15-9-10-17(26-4)18(11-15)27-5/h6-11,14H,1-5H3,(H,22,24,25)/t14-/m0/s1. The first-order valence-corrected chi connectivity index (χ1v) is 9.03. The summed E-state index contributed by atoms with van der Waals surface area (Å²) in [7, 11) is 3.09. The molecule has 0 saturated heterocycles. The van der Waals surface area contributed by atoms with E-state index < -0.39 is 6.10 Å². The van der Waals surface area contributed by atoms with Gasteiger partial charge >= 0.3 is 0 Å². The Morgan fingerprint density at radius 3 is 2.52 bits per heavy atom. The highest BCUT2D eigenvalue weighted by molar-refractivity contribution is 5.96. The molecule has 1 amide bonds. The van der Waals surface area contributed by atoms with E-state index in [9.17, 15) is 4.79 Å². The number of ether oxygens (including phenoxy) is 3. The normalized spacial score (nSPS) is 11.6. The number of hydrogen-bond donors (Lipinski definition) is 1. The van der Waals surface area contributed by atoms with Crippen LogP contribution < -0.4 is 19.5 Å². The molecular weight excluding hydrogens is 374 g/mol. The third-order valence-corrected chi connectivity index (χ3v) is 4.62. The molecule has 2 aromatic carbocycles. The number of hydrogen-bond acceptors (Lipinski definition) is 7. The van der Waals surface area contributed by atoms with Crippen molar-refractivity contribution in [3.63, 3.8) is 0 Å². The Kier molecular flexibility index (Phi) is 6.01. The molecular formula is C21H23N3O5. The van der Waals surface area contributed by atoms with Gasteiger partial charge in [0.25, 0.3) is 5.91 Å². The lowest BCUT2D eigenvalue weighted by atomic mass is 10.1. The summed E-state index contributed by atoms with van der Waals surface area (Å²) in [5.74, 6) is 1.58. The molecule has 3 rings (SSSR count). The van der Waals surface area contributed by atoms with Crippen molar-refractivity contribution in [3.8, 4) is 28.5 Å². The van der Waals surface area contributed by atoms with Crippen LogP contribution in [0, 0.1) is 13.8 Å². The van der Waals surface area contributed by atoms with Gasteiger partial charge in [-0.1, -0.05) is 12.1 Å². The number of aryl methyl sites for hydroxylation is 1. The first-order valence-electron chi connectivity index (χ1n) is 9.03. The van der Waals surface area contributed by atoms with Crippen molar-refractivity contribution in [3.05, 3.63) is 47.5 Å². The highest BCUT2D eigenvalue weighted by atomic mass is 16.6. The molecule has 0 spiro atoms. The van der Waals surface area contributed by atoms with Crippen molar-refractivity contribution < 1.29 is 23.6 Å². The molecule has 1 atom stereocenters. The van der Waals surface area contributed by atoms with Gasteiger partial charge in [0, 0.05) is 5.56 Å². The minimum absolute atomic E-state index is 0.193. The molecule has 0 aliphatic carbocycles. The van der Waals surface area contributed by atoms with Gasteiger partial charge in [0.05, 0.1) is 14.2 Å². The van der Waals surface area contributed by atoms with Crippen molar-refractivity contribution in [2.75, 3.05) is 19.5 Å². The van der Waals surface area contributed by atoms with Crippen LogP contribution in [-0.4, -0.2) is 36.5 Å². The molecule has 0 fully saturated rings. The van der Waals surface area contributed by atoms with Crippen molar-refractivity contribution in [1.82, 2.24) is 10.3 Å².